The molecule has 0 saturated heterocycles. The Kier molecular flexibility index (Phi) is 4.88. The van der Waals surface area contributed by atoms with Gasteiger partial charge in [0.1, 0.15) is 11.3 Å². The van der Waals surface area contributed by atoms with Crippen molar-refractivity contribution in [3.63, 3.8) is 0 Å². The first-order chi connectivity index (χ1) is 15.1. The molecule has 0 saturated carbocycles. The molecule has 1 aliphatic heterocycles. The smallest absolute Gasteiger partial charge is 0.228 e. The summed E-state index contributed by atoms with van der Waals surface area (Å²) in [4.78, 5) is 31.0. The van der Waals surface area contributed by atoms with E-state index in [2.05, 4.69) is 10.3 Å². The van der Waals surface area contributed by atoms with Gasteiger partial charge in [-0.2, -0.15) is 0 Å². The van der Waals surface area contributed by atoms with E-state index in [0.717, 1.165) is 22.1 Å². The number of hydrogen-bond donors (Lipinski definition) is 1. The molecule has 6 nitrogen and oxygen atoms in total. The van der Waals surface area contributed by atoms with Crippen molar-refractivity contribution in [3.8, 4) is 11.5 Å². The van der Waals surface area contributed by atoms with Crippen molar-refractivity contribution in [2.24, 2.45) is 0 Å². The van der Waals surface area contributed by atoms with Gasteiger partial charge in [0.25, 0.3) is 0 Å². The van der Waals surface area contributed by atoms with Gasteiger partial charge in [-0.25, -0.2) is 4.98 Å². The first-order valence-corrected chi connectivity index (χ1v) is 10.8. The maximum atomic E-state index is 12.8. The number of hydrogen-bond acceptors (Lipinski definition) is 5. The number of nitrogens with one attached hydrogen (secondary N) is 1. The lowest BCUT2D eigenvalue weighted by molar-refractivity contribution is -0.129. The molecule has 0 aliphatic carbocycles. The minimum absolute atomic E-state index is 0.107. The zero-order chi connectivity index (χ0) is 21.4. The van der Waals surface area contributed by atoms with Crippen molar-refractivity contribution in [3.05, 3.63) is 77.3 Å². The summed E-state index contributed by atoms with van der Waals surface area (Å²) in [5.74, 6) is 0.351. The van der Waals surface area contributed by atoms with Crippen LogP contribution in [-0.4, -0.2) is 21.7 Å². The lowest BCUT2D eigenvalue weighted by Crippen LogP contribution is -2.33. The maximum Gasteiger partial charge on any atom is 0.228 e. The second kappa shape index (κ2) is 7.85. The first kappa shape index (κ1) is 19.3. The molecule has 4 aromatic rings. The monoisotopic (exact) mass is 429 g/mol. The van der Waals surface area contributed by atoms with Crippen LogP contribution in [0.3, 0.4) is 0 Å². The van der Waals surface area contributed by atoms with Gasteiger partial charge in [0, 0.05) is 23.9 Å². The van der Waals surface area contributed by atoms with Crippen molar-refractivity contribution in [1.29, 1.82) is 0 Å². The molecule has 1 unspecified atom stereocenters. The third-order valence-corrected chi connectivity index (χ3v) is 6.03. The molecule has 1 atom stereocenters. The van der Waals surface area contributed by atoms with Crippen LogP contribution in [-0.2, 0) is 9.59 Å². The maximum absolute atomic E-state index is 12.8. The number of carbonyl (C=O) groups excluding carboxylic acids is 2. The standard InChI is InChI=1S/C24H19N3O3S/c1-15(28)27-11-10-16-6-2-4-8-18(16)20(27)13-23(29)26-24-25-19(14-31-24)22-12-17-7-3-5-9-21(17)30-22/h2-12,14,20H,13H2,1H3,(H,25,26,29). The highest BCUT2D eigenvalue weighted by Crippen LogP contribution is 2.34. The van der Waals surface area contributed by atoms with Gasteiger partial charge >= 0.3 is 0 Å². The third kappa shape index (κ3) is 3.75. The Morgan fingerprint density at radius 3 is 2.81 bits per heavy atom. The topological polar surface area (TPSA) is 75.4 Å². The Morgan fingerprint density at radius 2 is 1.97 bits per heavy atom. The van der Waals surface area contributed by atoms with Crippen LogP contribution in [0, 0.1) is 0 Å². The molecule has 2 aromatic heterocycles. The van der Waals surface area contributed by atoms with E-state index in [1.54, 1.807) is 11.1 Å². The summed E-state index contributed by atoms with van der Waals surface area (Å²) in [6.45, 7) is 1.50. The lowest BCUT2D eigenvalue weighted by atomic mass is 9.93. The second-order valence-corrected chi connectivity index (χ2v) is 8.18. The van der Waals surface area contributed by atoms with Crippen molar-refractivity contribution < 1.29 is 14.0 Å². The van der Waals surface area contributed by atoms with Crippen molar-refractivity contribution in [1.82, 2.24) is 9.88 Å². The fourth-order valence-corrected chi connectivity index (χ4v) is 4.53. The van der Waals surface area contributed by atoms with Crippen LogP contribution >= 0.6 is 11.3 Å². The van der Waals surface area contributed by atoms with Crippen LogP contribution in [0.15, 0.2) is 70.6 Å². The van der Waals surface area contributed by atoms with Gasteiger partial charge < -0.3 is 14.6 Å². The first-order valence-electron chi connectivity index (χ1n) is 9.89. The van der Waals surface area contributed by atoms with E-state index in [-0.39, 0.29) is 24.3 Å². The highest BCUT2D eigenvalue weighted by atomic mass is 32.1. The van der Waals surface area contributed by atoms with E-state index in [0.29, 0.717) is 16.6 Å². The van der Waals surface area contributed by atoms with E-state index < -0.39 is 0 Å². The molecule has 2 aromatic carbocycles. The predicted octanol–water partition coefficient (Wildman–Crippen LogP) is 5.46. The van der Waals surface area contributed by atoms with E-state index in [9.17, 15) is 9.59 Å². The van der Waals surface area contributed by atoms with Gasteiger partial charge in [0.2, 0.25) is 11.8 Å². The third-order valence-electron chi connectivity index (χ3n) is 5.28. The Balaban J connectivity index is 1.33. The Labute approximate surface area is 182 Å². The van der Waals surface area contributed by atoms with Crippen molar-refractivity contribution in [2.45, 2.75) is 19.4 Å². The molecule has 3 heterocycles. The molecular formula is C24H19N3O3S. The van der Waals surface area contributed by atoms with Gasteiger partial charge in [0.05, 0.1) is 12.5 Å². The number of rotatable bonds is 4. The fraction of sp³-hybridized carbons (Fsp3) is 0.125. The molecule has 31 heavy (non-hydrogen) atoms. The average Bonchev–Trinajstić information content (AvgIpc) is 3.40. The number of para-hydroxylation sites is 1. The van der Waals surface area contributed by atoms with Crippen molar-refractivity contribution in [2.75, 3.05) is 5.32 Å². The number of furan rings is 1. The molecule has 0 bridgehead atoms. The Hall–Kier alpha value is -3.71. The molecule has 2 amide bonds. The van der Waals surface area contributed by atoms with E-state index in [4.69, 9.17) is 4.42 Å². The second-order valence-electron chi connectivity index (χ2n) is 7.33. The molecule has 0 radical (unpaired) electrons. The fourth-order valence-electron chi connectivity index (χ4n) is 3.81. The van der Waals surface area contributed by atoms with Crippen LogP contribution in [0.5, 0.6) is 0 Å². The van der Waals surface area contributed by atoms with Gasteiger partial charge in [0.15, 0.2) is 10.9 Å². The summed E-state index contributed by atoms with van der Waals surface area (Å²) in [5, 5.41) is 6.22. The number of carbonyl (C=O) groups is 2. The van der Waals surface area contributed by atoms with E-state index >= 15 is 0 Å². The molecule has 154 valence electrons. The van der Waals surface area contributed by atoms with Crippen LogP contribution in [0.2, 0.25) is 0 Å². The summed E-state index contributed by atoms with van der Waals surface area (Å²) < 4.78 is 5.85. The van der Waals surface area contributed by atoms with Crippen LogP contribution in [0.4, 0.5) is 5.13 Å². The SMILES string of the molecule is CC(=O)N1C=Cc2ccccc2C1CC(=O)Nc1nc(-c2cc3ccccc3o2)cs1. The summed E-state index contributed by atoms with van der Waals surface area (Å²) in [6, 6.07) is 17.1. The van der Waals surface area contributed by atoms with Crippen molar-refractivity contribution >= 4 is 45.3 Å². The number of anilines is 1. The minimum Gasteiger partial charge on any atom is -0.454 e. The summed E-state index contributed by atoms with van der Waals surface area (Å²) in [6.07, 6.45) is 3.78. The largest absolute Gasteiger partial charge is 0.454 e. The highest BCUT2D eigenvalue weighted by molar-refractivity contribution is 7.14. The zero-order valence-electron chi connectivity index (χ0n) is 16.7. The summed E-state index contributed by atoms with van der Waals surface area (Å²) in [7, 11) is 0. The molecule has 5 rings (SSSR count). The van der Waals surface area contributed by atoms with Crippen LogP contribution in [0.25, 0.3) is 28.5 Å². The van der Waals surface area contributed by atoms with Crippen LogP contribution in [0.1, 0.15) is 30.5 Å². The predicted molar refractivity (Wildman–Crippen MR) is 121 cm³/mol. The number of aromatic nitrogens is 1. The Morgan fingerprint density at radius 1 is 1.16 bits per heavy atom. The highest BCUT2D eigenvalue weighted by Gasteiger charge is 2.28. The summed E-state index contributed by atoms with van der Waals surface area (Å²) >= 11 is 1.34. The molecule has 0 fully saturated rings. The number of fused-ring (bicyclic) bond motifs is 2. The zero-order valence-corrected chi connectivity index (χ0v) is 17.6. The number of thiazole rings is 1. The van der Waals surface area contributed by atoms with Crippen LogP contribution < -0.4 is 5.32 Å². The molecule has 1 aliphatic rings. The average molecular weight is 430 g/mol. The minimum atomic E-state index is -0.353. The molecule has 0 spiro atoms. The van der Waals surface area contributed by atoms with Gasteiger partial charge in [-0.1, -0.05) is 42.5 Å². The molecule has 1 N–H and O–H groups in total. The quantitative estimate of drug-likeness (QED) is 0.467. The summed E-state index contributed by atoms with van der Waals surface area (Å²) in [5.41, 5.74) is 3.44. The molecule has 7 heteroatoms. The number of benzene rings is 2. The van der Waals surface area contributed by atoms with E-state index in [1.807, 2.05) is 66.1 Å². The number of nitrogens with zero attached hydrogens (tertiary/aromatic N) is 2. The Bertz CT molecular complexity index is 1290. The lowest BCUT2D eigenvalue weighted by Gasteiger charge is -2.32. The molecular weight excluding hydrogens is 410 g/mol. The van der Waals surface area contributed by atoms with Gasteiger partial charge in [-0.05, 0) is 29.3 Å². The van der Waals surface area contributed by atoms with Gasteiger partial charge in [-0.3, -0.25) is 9.59 Å². The van der Waals surface area contributed by atoms with E-state index in [1.165, 1.54) is 18.3 Å². The normalized spacial score (nSPS) is 15.1. The number of amides is 2. The van der Waals surface area contributed by atoms with Gasteiger partial charge in [-0.15, -0.1) is 11.3 Å².